The van der Waals surface area contributed by atoms with Crippen LogP contribution < -0.4 is 20.0 Å². The molecule has 1 aromatic heterocycles. The van der Waals surface area contributed by atoms with Crippen molar-refractivity contribution in [3.63, 3.8) is 0 Å². The van der Waals surface area contributed by atoms with Crippen molar-refractivity contribution in [2.45, 2.75) is 6.92 Å². The molecule has 0 fully saturated rings. The maximum Gasteiger partial charge on any atom is 0.235 e. The highest BCUT2D eigenvalue weighted by Gasteiger charge is 2.18. The van der Waals surface area contributed by atoms with E-state index in [1.165, 1.54) is 0 Å². The molecule has 0 bridgehead atoms. The van der Waals surface area contributed by atoms with Crippen molar-refractivity contribution in [1.82, 2.24) is 0 Å². The molecule has 0 saturated carbocycles. The van der Waals surface area contributed by atoms with Gasteiger partial charge in [0.15, 0.2) is 5.76 Å². The molecule has 0 saturated heterocycles. The third-order valence-electron chi connectivity index (χ3n) is 3.69. The number of benzene rings is 2. The number of methoxy groups -OCH3 is 1. The Bertz CT molecular complexity index is 985. The molecule has 0 spiro atoms. The first kappa shape index (κ1) is 16.6. The fourth-order valence-electron chi connectivity index (χ4n) is 2.48. The zero-order chi connectivity index (χ0) is 18.0. The number of hydrogen-bond acceptors (Lipinski definition) is 6. The zero-order valence-corrected chi connectivity index (χ0v) is 13.7. The number of fused-ring (bicyclic) bond motifs is 1. The van der Waals surface area contributed by atoms with E-state index >= 15 is 0 Å². The van der Waals surface area contributed by atoms with Crippen molar-refractivity contribution >= 4 is 16.9 Å². The van der Waals surface area contributed by atoms with Crippen LogP contribution in [0.25, 0.3) is 22.3 Å². The van der Waals surface area contributed by atoms with Crippen molar-refractivity contribution in [3.05, 3.63) is 58.3 Å². The Morgan fingerprint density at radius 1 is 1.16 bits per heavy atom. The average Bonchev–Trinajstić information content (AvgIpc) is 2.60. The number of carboxylic acid groups (broad SMARTS) is 1. The fourth-order valence-corrected chi connectivity index (χ4v) is 2.48. The molecule has 3 rings (SSSR count). The molecule has 6 nitrogen and oxygen atoms in total. The van der Waals surface area contributed by atoms with Gasteiger partial charge >= 0.3 is 0 Å². The Morgan fingerprint density at radius 2 is 1.88 bits per heavy atom. The van der Waals surface area contributed by atoms with Gasteiger partial charge in [0.05, 0.1) is 18.5 Å². The minimum atomic E-state index is -1.43. The Morgan fingerprint density at radius 3 is 2.52 bits per heavy atom. The molecule has 0 aliphatic heterocycles. The van der Waals surface area contributed by atoms with Crippen LogP contribution in [-0.4, -0.2) is 19.7 Å². The van der Waals surface area contributed by atoms with E-state index in [9.17, 15) is 14.7 Å². The largest absolute Gasteiger partial charge is 0.546 e. The number of aliphatic carboxylic acids is 1. The lowest BCUT2D eigenvalue weighted by atomic mass is 10.1. The van der Waals surface area contributed by atoms with Gasteiger partial charge in [0.1, 0.15) is 17.9 Å². The van der Waals surface area contributed by atoms with E-state index in [2.05, 4.69) is 0 Å². The van der Waals surface area contributed by atoms with Crippen molar-refractivity contribution in [2.75, 3.05) is 13.7 Å². The molecule has 128 valence electrons. The smallest absolute Gasteiger partial charge is 0.235 e. The molecular weight excluding hydrogens is 324 g/mol. The lowest BCUT2D eigenvalue weighted by molar-refractivity contribution is -0.307. The summed E-state index contributed by atoms with van der Waals surface area (Å²) in [5.41, 5.74) is 1.46. The molecule has 0 aliphatic carbocycles. The van der Waals surface area contributed by atoms with E-state index in [0.29, 0.717) is 22.3 Å². The van der Waals surface area contributed by atoms with E-state index in [1.54, 1.807) is 49.6 Å². The molecule has 0 amide bonds. The van der Waals surface area contributed by atoms with Gasteiger partial charge in [-0.2, -0.15) is 0 Å². The van der Waals surface area contributed by atoms with Crippen LogP contribution in [0.3, 0.4) is 0 Å². The zero-order valence-electron chi connectivity index (χ0n) is 13.7. The Labute approximate surface area is 143 Å². The van der Waals surface area contributed by atoms with Gasteiger partial charge in [0, 0.05) is 5.56 Å². The average molecular weight is 339 g/mol. The van der Waals surface area contributed by atoms with E-state index in [1.807, 2.05) is 6.92 Å². The van der Waals surface area contributed by atoms with Crippen LogP contribution in [0.5, 0.6) is 11.5 Å². The van der Waals surface area contributed by atoms with Crippen LogP contribution in [0.4, 0.5) is 0 Å². The third-order valence-corrected chi connectivity index (χ3v) is 3.69. The van der Waals surface area contributed by atoms with Crippen LogP contribution >= 0.6 is 0 Å². The summed E-state index contributed by atoms with van der Waals surface area (Å²) >= 11 is 0. The maximum absolute atomic E-state index is 12.7. The van der Waals surface area contributed by atoms with E-state index in [0.717, 1.165) is 5.56 Å². The van der Waals surface area contributed by atoms with Gasteiger partial charge in [-0.15, -0.1) is 0 Å². The molecule has 0 N–H and O–H groups in total. The highest BCUT2D eigenvalue weighted by molar-refractivity contribution is 5.82. The molecule has 0 atom stereocenters. The quantitative estimate of drug-likeness (QED) is 0.705. The number of carboxylic acids is 1. The van der Waals surface area contributed by atoms with Crippen LogP contribution in [0.15, 0.2) is 51.7 Å². The van der Waals surface area contributed by atoms with Gasteiger partial charge < -0.3 is 23.8 Å². The highest BCUT2D eigenvalue weighted by atomic mass is 16.5. The minimum absolute atomic E-state index is 0.159. The van der Waals surface area contributed by atoms with Gasteiger partial charge in [-0.3, -0.25) is 4.79 Å². The van der Waals surface area contributed by atoms with Crippen LogP contribution in [0.2, 0.25) is 0 Å². The topological polar surface area (TPSA) is 88.8 Å². The van der Waals surface area contributed by atoms with E-state index in [4.69, 9.17) is 13.9 Å². The van der Waals surface area contributed by atoms with Crippen molar-refractivity contribution in [2.24, 2.45) is 0 Å². The van der Waals surface area contributed by atoms with Crippen molar-refractivity contribution < 1.29 is 23.8 Å². The van der Waals surface area contributed by atoms with Crippen LogP contribution in [0, 0.1) is 6.92 Å². The molecule has 0 radical (unpaired) electrons. The summed E-state index contributed by atoms with van der Waals surface area (Å²) in [5.74, 6) is -0.790. The lowest BCUT2D eigenvalue weighted by Crippen LogP contribution is -2.30. The third kappa shape index (κ3) is 3.33. The minimum Gasteiger partial charge on any atom is -0.546 e. The number of carbonyl (C=O) groups excluding carboxylic acids is 1. The van der Waals surface area contributed by atoms with Crippen LogP contribution in [0.1, 0.15) is 5.56 Å². The summed E-state index contributed by atoms with van der Waals surface area (Å²) in [5, 5.41) is 11.1. The number of hydrogen-bond donors (Lipinski definition) is 0. The predicted octanol–water partition coefficient (Wildman–Crippen LogP) is 1.91. The molecule has 2 aromatic carbocycles. The molecule has 1 heterocycles. The first-order chi connectivity index (χ1) is 12.0. The van der Waals surface area contributed by atoms with Crippen LogP contribution in [-0.2, 0) is 4.79 Å². The van der Waals surface area contributed by atoms with E-state index in [-0.39, 0.29) is 11.5 Å². The molecule has 3 aromatic rings. The number of ether oxygens (including phenoxy) is 2. The molecular formula is C19H15O6-. The predicted molar refractivity (Wildman–Crippen MR) is 89.7 cm³/mol. The number of aryl methyl sites for hydroxylation is 1. The van der Waals surface area contributed by atoms with Gasteiger partial charge in [0.25, 0.3) is 0 Å². The monoisotopic (exact) mass is 339 g/mol. The second-order valence-corrected chi connectivity index (χ2v) is 5.48. The van der Waals surface area contributed by atoms with Gasteiger partial charge in [-0.05, 0) is 48.9 Å². The fraction of sp³-hybridized carbons (Fsp3) is 0.158. The Balaban J connectivity index is 2.23. The second-order valence-electron chi connectivity index (χ2n) is 5.48. The van der Waals surface area contributed by atoms with Gasteiger partial charge in [-0.25, -0.2) is 0 Å². The first-order valence-electron chi connectivity index (χ1n) is 7.54. The van der Waals surface area contributed by atoms with E-state index < -0.39 is 18.0 Å². The Hall–Kier alpha value is -3.28. The highest BCUT2D eigenvalue weighted by Crippen LogP contribution is 2.32. The van der Waals surface area contributed by atoms with Crippen molar-refractivity contribution in [3.8, 4) is 22.8 Å². The summed E-state index contributed by atoms with van der Waals surface area (Å²) < 4.78 is 16.2. The summed E-state index contributed by atoms with van der Waals surface area (Å²) in [6, 6.07) is 12.0. The molecule has 0 aliphatic rings. The second kappa shape index (κ2) is 6.68. The SMILES string of the molecule is COc1ccc(-c2oc3cc(C)ccc3c(=O)c2OCC(=O)[O-])cc1. The molecule has 0 unspecified atom stereocenters. The standard InChI is InChI=1S/C19H16O6/c1-11-3-8-14-15(9-11)25-18(12-4-6-13(23-2)7-5-12)19(17(14)22)24-10-16(20)21/h3-9H,10H2,1-2H3,(H,20,21)/p-1. The van der Waals surface area contributed by atoms with Crippen molar-refractivity contribution in [1.29, 1.82) is 0 Å². The number of rotatable bonds is 5. The Kier molecular flexibility index (Phi) is 4.43. The summed E-state index contributed by atoms with van der Waals surface area (Å²) in [4.78, 5) is 23.5. The number of carbonyl (C=O) groups is 1. The lowest BCUT2D eigenvalue weighted by Gasteiger charge is -2.12. The maximum atomic E-state index is 12.7. The van der Waals surface area contributed by atoms with Gasteiger partial charge in [0.2, 0.25) is 11.2 Å². The first-order valence-corrected chi connectivity index (χ1v) is 7.54. The van der Waals surface area contributed by atoms with Gasteiger partial charge in [-0.1, -0.05) is 6.07 Å². The summed E-state index contributed by atoms with van der Waals surface area (Å²) in [7, 11) is 1.54. The molecule has 25 heavy (non-hydrogen) atoms. The molecule has 6 heteroatoms. The normalized spacial score (nSPS) is 10.6. The summed E-state index contributed by atoms with van der Waals surface area (Å²) in [6.07, 6.45) is 0. The summed E-state index contributed by atoms with van der Waals surface area (Å²) in [6.45, 7) is 1.14.